The van der Waals surface area contributed by atoms with Crippen LogP contribution in [0.25, 0.3) is 0 Å². The Kier molecular flexibility index (Phi) is 4.91. The molecule has 1 rings (SSSR count). The fourth-order valence-electron chi connectivity index (χ4n) is 1.58. The lowest BCUT2D eigenvalue weighted by molar-refractivity contribution is -0.145. The van der Waals surface area contributed by atoms with Crippen LogP contribution in [0.3, 0.4) is 0 Å². The Bertz CT molecular complexity index is 503. The molecule has 1 atom stereocenters. The van der Waals surface area contributed by atoms with E-state index in [1.807, 2.05) is 0 Å². The third kappa shape index (κ3) is 3.45. The molecule has 1 aromatic carbocycles. The number of hydrogen-bond acceptors (Lipinski definition) is 3. The fraction of sp³-hybridized carbons (Fsp3) is 0.385. The van der Waals surface area contributed by atoms with Gasteiger partial charge in [-0.1, -0.05) is 23.7 Å². The molecule has 0 radical (unpaired) electrons. The summed E-state index contributed by atoms with van der Waals surface area (Å²) in [5.74, 6) is -1.72. The van der Waals surface area contributed by atoms with Crippen LogP contribution in [0.1, 0.15) is 22.8 Å². The topological polar surface area (TPSA) is 75.6 Å². The average molecular weight is 286 g/mol. The van der Waals surface area contributed by atoms with E-state index in [0.717, 1.165) is 5.56 Å². The third-order valence-electron chi connectivity index (χ3n) is 2.73. The van der Waals surface area contributed by atoms with Crippen molar-refractivity contribution in [2.45, 2.75) is 19.4 Å². The number of ether oxygens (including phenoxy) is 1. The molecule has 2 N–H and O–H groups in total. The summed E-state index contributed by atoms with van der Waals surface area (Å²) in [6, 6.07) is 4.99. The second kappa shape index (κ2) is 6.04. The number of carbonyl (C=O) groups excluding carboxylic acids is 1. The van der Waals surface area contributed by atoms with Gasteiger partial charge in [-0.2, -0.15) is 0 Å². The molecule has 0 aliphatic carbocycles. The van der Waals surface area contributed by atoms with Crippen LogP contribution in [0.5, 0.6) is 0 Å². The Labute approximate surface area is 116 Å². The quantitative estimate of drug-likeness (QED) is 0.866. The lowest BCUT2D eigenvalue weighted by atomic mass is 10.0. The first-order chi connectivity index (χ1) is 8.81. The Morgan fingerprint density at radius 1 is 1.47 bits per heavy atom. The second-order valence-electron chi connectivity index (χ2n) is 4.46. The van der Waals surface area contributed by atoms with Crippen molar-refractivity contribution >= 4 is 23.5 Å². The van der Waals surface area contributed by atoms with Gasteiger partial charge in [0, 0.05) is 7.11 Å². The third-order valence-corrected chi connectivity index (χ3v) is 3.23. The maximum Gasteiger partial charge on any atom is 0.331 e. The van der Waals surface area contributed by atoms with Gasteiger partial charge in [0.1, 0.15) is 0 Å². The molecule has 0 bridgehead atoms. The van der Waals surface area contributed by atoms with Crippen molar-refractivity contribution < 1.29 is 19.4 Å². The minimum absolute atomic E-state index is 0.141. The Morgan fingerprint density at radius 2 is 2.11 bits per heavy atom. The number of methoxy groups -OCH3 is 1. The molecule has 0 aromatic heterocycles. The number of nitrogens with one attached hydrogen (secondary N) is 1. The molecule has 0 aliphatic heterocycles. The van der Waals surface area contributed by atoms with Gasteiger partial charge in [0.25, 0.3) is 5.91 Å². The molecule has 0 aliphatic rings. The predicted molar refractivity (Wildman–Crippen MR) is 71.6 cm³/mol. The van der Waals surface area contributed by atoms with Gasteiger partial charge in [-0.15, -0.1) is 0 Å². The zero-order chi connectivity index (χ0) is 14.6. The van der Waals surface area contributed by atoms with Crippen molar-refractivity contribution in [2.75, 3.05) is 13.7 Å². The predicted octanol–water partition coefficient (Wildman–Crippen LogP) is 1.87. The standard InChI is InChI=1S/C13H16ClNO4/c1-8-5-4-6-9(10(8)14)11(16)15-13(2,7-19-3)12(17)18/h4-6H,7H2,1-3H3,(H,15,16)(H,17,18). The van der Waals surface area contributed by atoms with Crippen LogP contribution in [0, 0.1) is 6.92 Å². The van der Waals surface area contributed by atoms with Gasteiger partial charge in [0.2, 0.25) is 0 Å². The van der Waals surface area contributed by atoms with Gasteiger partial charge in [-0.05, 0) is 25.5 Å². The number of carboxylic acids is 1. The number of amides is 1. The minimum atomic E-state index is -1.50. The molecule has 1 amide bonds. The number of hydrogen-bond donors (Lipinski definition) is 2. The van der Waals surface area contributed by atoms with Crippen molar-refractivity contribution in [3.8, 4) is 0 Å². The van der Waals surface area contributed by atoms with E-state index in [2.05, 4.69) is 5.32 Å². The summed E-state index contributed by atoms with van der Waals surface area (Å²) in [5, 5.41) is 11.9. The summed E-state index contributed by atoms with van der Waals surface area (Å²) >= 11 is 6.03. The number of benzene rings is 1. The van der Waals surface area contributed by atoms with Gasteiger partial charge in [-0.25, -0.2) is 4.79 Å². The van der Waals surface area contributed by atoms with Crippen molar-refractivity contribution in [3.05, 3.63) is 34.3 Å². The van der Waals surface area contributed by atoms with Crippen LogP contribution in [0.2, 0.25) is 5.02 Å². The van der Waals surface area contributed by atoms with E-state index in [-0.39, 0.29) is 12.2 Å². The SMILES string of the molecule is COCC(C)(NC(=O)c1cccc(C)c1Cl)C(=O)O. The lowest BCUT2D eigenvalue weighted by Crippen LogP contribution is -2.55. The van der Waals surface area contributed by atoms with E-state index in [1.54, 1.807) is 25.1 Å². The maximum absolute atomic E-state index is 12.1. The lowest BCUT2D eigenvalue weighted by Gasteiger charge is -2.25. The molecule has 0 spiro atoms. The van der Waals surface area contributed by atoms with Gasteiger partial charge >= 0.3 is 5.97 Å². The monoisotopic (exact) mass is 285 g/mol. The number of carboxylic acid groups (broad SMARTS) is 1. The summed E-state index contributed by atoms with van der Waals surface area (Å²) in [7, 11) is 1.37. The molecule has 0 saturated carbocycles. The zero-order valence-electron chi connectivity index (χ0n) is 11.0. The summed E-state index contributed by atoms with van der Waals surface area (Å²) in [6.45, 7) is 3.00. The first-order valence-electron chi connectivity index (χ1n) is 5.62. The minimum Gasteiger partial charge on any atom is -0.479 e. The highest BCUT2D eigenvalue weighted by molar-refractivity contribution is 6.34. The fourth-order valence-corrected chi connectivity index (χ4v) is 1.79. The Morgan fingerprint density at radius 3 is 2.63 bits per heavy atom. The van der Waals surface area contributed by atoms with E-state index in [0.29, 0.717) is 5.02 Å². The first kappa shape index (κ1) is 15.5. The highest BCUT2D eigenvalue weighted by Gasteiger charge is 2.35. The molecule has 6 heteroatoms. The van der Waals surface area contributed by atoms with Gasteiger partial charge in [0.15, 0.2) is 5.54 Å². The van der Waals surface area contributed by atoms with Gasteiger partial charge < -0.3 is 15.2 Å². The molecule has 1 unspecified atom stereocenters. The van der Waals surface area contributed by atoms with E-state index >= 15 is 0 Å². The summed E-state index contributed by atoms with van der Waals surface area (Å²) in [6.07, 6.45) is 0. The smallest absolute Gasteiger partial charge is 0.331 e. The first-order valence-corrected chi connectivity index (χ1v) is 5.99. The van der Waals surface area contributed by atoms with Crippen LogP contribution in [-0.4, -0.2) is 36.2 Å². The van der Waals surface area contributed by atoms with Crippen LogP contribution >= 0.6 is 11.6 Å². The summed E-state index contributed by atoms with van der Waals surface area (Å²) in [4.78, 5) is 23.3. The summed E-state index contributed by atoms with van der Waals surface area (Å²) < 4.78 is 4.83. The summed E-state index contributed by atoms with van der Waals surface area (Å²) in [5.41, 5.74) is -0.512. The number of halogens is 1. The zero-order valence-corrected chi connectivity index (χ0v) is 11.7. The molecular weight excluding hydrogens is 270 g/mol. The van der Waals surface area contributed by atoms with Crippen LogP contribution in [0.15, 0.2) is 18.2 Å². The highest BCUT2D eigenvalue weighted by Crippen LogP contribution is 2.21. The van der Waals surface area contributed by atoms with Crippen molar-refractivity contribution in [2.24, 2.45) is 0 Å². The molecule has 19 heavy (non-hydrogen) atoms. The van der Waals surface area contributed by atoms with Gasteiger partial charge in [-0.3, -0.25) is 4.79 Å². The molecule has 0 heterocycles. The Hall–Kier alpha value is -1.59. The van der Waals surface area contributed by atoms with E-state index in [4.69, 9.17) is 21.4 Å². The van der Waals surface area contributed by atoms with Gasteiger partial charge in [0.05, 0.1) is 17.2 Å². The highest BCUT2D eigenvalue weighted by atomic mass is 35.5. The number of carbonyl (C=O) groups is 2. The number of rotatable bonds is 5. The molecular formula is C13H16ClNO4. The van der Waals surface area contributed by atoms with Crippen molar-refractivity contribution in [1.29, 1.82) is 0 Å². The molecule has 0 fully saturated rings. The normalized spacial score (nSPS) is 13.7. The van der Waals surface area contributed by atoms with Crippen LogP contribution in [0.4, 0.5) is 0 Å². The van der Waals surface area contributed by atoms with E-state index in [9.17, 15) is 9.59 Å². The number of aliphatic carboxylic acids is 1. The molecule has 1 aromatic rings. The van der Waals surface area contributed by atoms with E-state index in [1.165, 1.54) is 14.0 Å². The van der Waals surface area contributed by atoms with Crippen LogP contribution in [-0.2, 0) is 9.53 Å². The van der Waals surface area contributed by atoms with Crippen molar-refractivity contribution in [1.82, 2.24) is 5.32 Å². The second-order valence-corrected chi connectivity index (χ2v) is 4.84. The Balaban J connectivity index is 3.01. The largest absolute Gasteiger partial charge is 0.479 e. The maximum atomic E-state index is 12.1. The number of aryl methyl sites for hydroxylation is 1. The van der Waals surface area contributed by atoms with Crippen molar-refractivity contribution in [3.63, 3.8) is 0 Å². The molecule has 0 saturated heterocycles. The molecule has 104 valence electrons. The average Bonchev–Trinajstić information content (AvgIpc) is 2.32. The molecule has 5 nitrogen and oxygen atoms in total. The van der Waals surface area contributed by atoms with Crippen LogP contribution < -0.4 is 5.32 Å². The van der Waals surface area contributed by atoms with E-state index < -0.39 is 17.4 Å².